The largest absolute Gasteiger partial charge is 0.379 e. The molecule has 17 heavy (non-hydrogen) atoms. The first-order valence-electron chi connectivity index (χ1n) is 5.45. The summed E-state index contributed by atoms with van der Waals surface area (Å²) in [6.07, 6.45) is 1.93. The van der Waals surface area contributed by atoms with E-state index in [1.807, 2.05) is 0 Å². The molecule has 1 atom stereocenters. The van der Waals surface area contributed by atoms with E-state index in [2.05, 4.69) is 5.32 Å². The first-order chi connectivity index (χ1) is 8.16. The lowest BCUT2D eigenvalue weighted by Crippen LogP contribution is -2.30. The number of hydrogen-bond donors (Lipinski definition) is 1. The Labute approximate surface area is 104 Å². The molecule has 5 nitrogen and oxygen atoms in total. The summed E-state index contributed by atoms with van der Waals surface area (Å²) in [4.78, 5) is 10.5. The van der Waals surface area contributed by atoms with Crippen LogP contribution in [0.15, 0.2) is 18.2 Å². The Morgan fingerprint density at radius 2 is 2.35 bits per heavy atom. The summed E-state index contributed by atoms with van der Waals surface area (Å²) < 4.78 is 5.32. The second-order valence-electron chi connectivity index (χ2n) is 3.98. The van der Waals surface area contributed by atoms with Crippen LogP contribution in [0.3, 0.4) is 0 Å². The predicted molar refractivity (Wildman–Crippen MR) is 65.6 cm³/mol. The standard InChI is InChI=1S/C11H13ClN2O3/c12-8-3-4-10(11(6-8)14(15)16)13-9-2-1-5-17-7-9/h3-4,6,9,13H,1-2,5,7H2. The zero-order valence-electron chi connectivity index (χ0n) is 9.19. The molecule has 1 aliphatic heterocycles. The Kier molecular flexibility index (Phi) is 3.81. The predicted octanol–water partition coefficient (Wildman–Crippen LogP) is 2.84. The minimum absolute atomic E-state index is 0.00285. The highest BCUT2D eigenvalue weighted by atomic mass is 35.5. The van der Waals surface area contributed by atoms with Crippen molar-refractivity contribution in [2.75, 3.05) is 18.5 Å². The van der Waals surface area contributed by atoms with Crippen LogP contribution in [0.5, 0.6) is 0 Å². The Morgan fingerprint density at radius 1 is 1.53 bits per heavy atom. The minimum Gasteiger partial charge on any atom is -0.379 e. The lowest BCUT2D eigenvalue weighted by atomic mass is 10.1. The van der Waals surface area contributed by atoms with Crippen LogP contribution in [0.2, 0.25) is 5.02 Å². The van der Waals surface area contributed by atoms with Crippen LogP contribution < -0.4 is 5.32 Å². The maximum absolute atomic E-state index is 10.9. The first kappa shape index (κ1) is 12.1. The molecule has 0 amide bonds. The van der Waals surface area contributed by atoms with Gasteiger partial charge < -0.3 is 10.1 Å². The highest BCUT2D eigenvalue weighted by molar-refractivity contribution is 6.30. The SMILES string of the molecule is O=[N+]([O-])c1cc(Cl)ccc1NC1CCCOC1. The Morgan fingerprint density at radius 3 is 3.00 bits per heavy atom. The van der Waals surface area contributed by atoms with Gasteiger partial charge in [-0.2, -0.15) is 0 Å². The van der Waals surface area contributed by atoms with Crippen molar-refractivity contribution in [1.82, 2.24) is 0 Å². The zero-order chi connectivity index (χ0) is 12.3. The molecule has 0 aliphatic carbocycles. The number of ether oxygens (including phenoxy) is 1. The Bertz CT molecular complexity index is 419. The van der Waals surface area contributed by atoms with Gasteiger partial charge in [-0.05, 0) is 25.0 Å². The number of anilines is 1. The number of halogens is 1. The molecule has 2 rings (SSSR count). The average molecular weight is 257 g/mol. The lowest BCUT2D eigenvalue weighted by molar-refractivity contribution is -0.384. The number of nitrogens with zero attached hydrogens (tertiary/aromatic N) is 1. The van der Waals surface area contributed by atoms with Crippen molar-refractivity contribution in [3.63, 3.8) is 0 Å². The lowest BCUT2D eigenvalue weighted by Gasteiger charge is -2.23. The van der Waals surface area contributed by atoms with Gasteiger partial charge >= 0.3 is 0 Å². The van der Waals surface area contributed by atoms with E-state index < -0.39 is 4.92 Å². The molecule has 1 saturated heterocycles. The maximum Gasteiger partial charge on any atom is 0.293 e. The zero-order valence-corrected chi connectivity index (χ0v) is 9.94. The molecule has 0 bridgehead atoms. The van der Waals surface area contributed by atoms with E-state index in [0.29, 0.717) is 17.3 Å². The van der Waals surface area contributed by atoms with Crippen LogP contribution in [-0.4, -0.2) is 24.2 Å². The van der Waals surface area contributed by atoms with Gasteiger partial charge in [-0.1, -0.05) is 11.6 Å². The summed E-state index contributed by atoms with van der Waals surface area (Å²) in [6.45, 7) is 1.35. The quantitative estimate of drug-likeness (QED) is 0.667. The number of nitrogens with one attached hydrogen (secondary N) is 1. The minimum atomic E-state index is -0.433. The van der Waals surface area contributed by atoms with Crippen molar-refractivity contribution in [1.29, 1.82) is 0 Å². The molecule has 0 aromatic heterocycles. The van der Waals surface area contributed by atoms with Gasteiger partial charge in [-0.15, -0.1) is 0 Å². The van der Waals surface area contributed by atoms with Gasteiger partial charge in [0.15, 0.2) is 0 Å². The van der Waals surface area contributed by atoms with Crippen molar-refractivity contribution in [3.8, 4) is 0 Å². The van der Waals surface area contributed by atoms with Crippen LogP contribution in [-0.2, 0) is 4.74 Å². The van der Waals surface area contributed by atoms with Crippen molar-refractivity contribution in [3.05, 3.63) is 33.3 Å². The van der Waals surface area contributed by atoms with E-state index >= 15 is 0 Å². The van der Waals surface area contributed by atoms with Gasteiger partial charge in [0.05, 0.1) is 11.5 Å². The van der Waals surface area contributed by atoms with Crippen molar-refractivity contribution < 1.29 is 9.66 Å². The molecule has 1 N–H and O–H groups in total. The van der Waals surface area contributed by atoms with E-state index in [0.717, 1.165) is 19.4 Å². The van der Waals surface area contributed by atoms with Crippen LogP contribution in [0.1, 0.15) is 12.8 Å². The topological polar surface area (TPSA) is 64.4 Å². The van der Waals surface area contributed by atoms with Gasteiger partial charge in [-0.25, -0.2) is 0 Å². The van der Waals surface area contributed by atoms with E-state index in [-0.39, 0.29) is 11.7 Å². The fourth-order valence-corrected chi connectivity index (χ4v) is 2.02. The molecule has 1 fully saturated rings. The molecule has 0 spiro atoms. The van der Waals surface area contributed by atoms with Gasteiger partial charge in [-0.3, -0.25) is 10.1 Å². The summed E-state index contributed by atoms with van der Waals surface area (Å²) in [5.74, 6) is 0. The van der Waals surface area contributed by atoms with Crippen molar-refractivity contribution in [2.45, 2.75) is 18.9 Å². The van der Waals surface area contributed by atoms with Gasteiger partial charge in [0.2, 0.25) is 0 Å². The molecule has 92 valence electrons. The summed E-state index contributed by atoms with van der Waals surface area (Å²) in [5, 5.41) is 14.4. The normalized spacial score (nSPS) is 19.9. The van der Waals surface area contributed by atoms with Crippen molar-refractivity contribution >= 4 is 23.0 Å². The second kappa shape index (κ2) is 5.33. The number of nitro benzene ring substituents is 1. The molecule has 1 aliphatic rings. The molecule has 0 saturated carbocycles. The van der Waals surface area contributed by atoms with Crippen LogP contribution in [0.4, 0.5) is 11.4 Å². The monoisotopic (exact) mass is 256 g/mol. The van der Waals surface area contributed by atoms with E-state index in [1.54, 1.807) is 12.1 Å². The first-order valence-corrected chi connectivity index (χ1v) is 5.83. The fourth-order valence-electron chi connectivity index (χ4n) is 1.85. The van der Waals surface area contributed by atoms with E-state index in [1.165, 1.54) is 6.07 Å². The summed E-state index contributed by atoms with van der Waals surface area (Å²) in [6, 6.07) is 4.76. The second-order valence-corrected chi connectivity index (χ2v) is 4.41. The number of nitro groups is 1. The smallest absolute Gasteiger partial charge is 0.293 e. The fraction of sp³-hybridized carbons (Fsp3) is 0.455. The molecule has 1 unspecified atom stereocenters. The van der Waals surface area contributed by atoms with E-state index in [4.69, 9.17) is 16.3 Å². The number of rotatable bonds is 3. The third-order valence-corrected chi connectivity index (χ3v) is 2.91. The Hall–Kier alpha value is -1.33. The summed E-state index contributed by atoms with van der Waals surface area (Å²) in [7, 11) is 0. The van der Waals surface area contributed by atoms with Crippen LogP contribution >= 0.6 is 11.6 Å². The molecule has 0 radical (unpaired) electrons. The number of benzene rings is 1. The highest BCUT2D eigenvalue weighted by Crippen LogP contribution is 2.29. The maximum atomic E-state index is 10.9. The van der Waals surface area contributed by atoms with Gasteiger partial charge in [0.25, 0.3) is 5.69 Å². The number of hydrogen-bond acceptors (Lipinski definition) is 4. The molecule has 6 heteroatoms. The molecule has 1 aromatic rings. The van der Waals surface area contributed by atoms with Gasteiger partial charge in [0, 0.05) is 23.7 Å². The molecule has 1 aromatic carbocycles. The molecular weight excluding hydrogens is 244 g/mol. The summed E-state index contributed by atoms with van der Waals surface area (Å²) >= 11 is 5.75. The van der Waals surface area contributed by atoms with Crippen LogP contribution in [0.25, 0.3) is 0 Å². The molecule has 1 heterocycles. The third kappa shape index (κ3) is 3.08. The third-order valence-electron chi connectivity index (χ3n) is 2.68. The Balaban J connectivity index is 2.16. The molecular formula is C11H13ClN2O3. The highest BCUT2D eigenvalue weighted by Gasteiger charge is 2.19. The van der Waals surface area contributed by atoms with Crippen LogP contribution in [0, 0.1) is 10.1 Å². The summed E-state index contributed by atoms with van der Waals surface area (Å²) in [5.41, 5.74) is 0.498. The van der Waals surface area contributed by atoms with E-state index in [9.17, 15) is 10.1 Å². The van der Waals surface area contributed by atoms with Gasteiger partial charge in [0.1, 0.15) is 5.69 Å². The average Bonchev–Trinajstić information content (AvgIpc) is 2.32. The van der Waals surface area contributed by atoms with Crippen molar-refractivity contribution in [2.24, 2.45) is 0 Å².